The van der Waals surface area contributed by atoms with Crippen LogP contribution in [-0.2, 0) is 13.2 Å². The fourth-order valence-electron chi connectivity index (χ4n) is 2.76. The molecular formula is C16H12O6. The van der Waals surface area contributed by atoms with Gasteiger partial charge in [0, 0.05) is 22.3 Å². The van der Waals surface area contributed by atoms with Crippen molar-refractivity contribution in [2.75, 3.05) is 0 Å². The van der Waals surface area contributed by atoms with Gasteiger partial charge < -0.3 is 20.4 Å². The van der Waals surface area contributed by atoms with Gasteiger partial charge in [0.25, 0.3) is 0 Å². The van der Waals surface area contributed by atoms with Crippen LogP contribution >= 0.6 is 0 Å². The van der Waals surface area contributed by atoms with E-state index in [1.165, 1.54) is 12.1 Å². The van der Waals surface area contributed by atoms with Crippen molar-refractivity contribution >= 4 is 11.6 Å². The van der Waals surface area contributed by atoms with Gasteiger partial charge in [-0.1, -0.05) is 24.3 Å². The number of carbonyl (C=O) groups is 2. The number of fused-ring (bicyclic) bond motifs is 2. The third-order valence-electron chi connectivity index (χ3n) is 3.85. The Hall–Kier alpha value is -2.70. The molecule has 6 heteroatoms. The van der Waals surface area contributed by atoms with E-state index in [-0.39, 0.29) is 33.4 Å². The number of benzene rings is 2. The van der Waals surface area contributed by atoms with E-state index < -0.39 is 36.3 Å². The molecule has 0 spiro atoms. The van der Waals surface area contributed by atoms with E-state index in [2.05, 4.69) is 0 Å². The summed E-state index contributed by atoms with van der Waals surface area (Å²) in [5, 5.41) is 39.1. The summed E-state index contributed by atoms with van der Waals surface area (Å²) in [5.41, 5.74) is -0.783. The number of aromatic hydroxyl groups is 2. The number of aliphatic hydroxyl groups excluding tert-OH is 2. The van der Waals surface area contributed by atoms with Gasteiger partial charge in [-0.05, 0) is 0 Å². The van der Waals surface area contributed by atoms with Crippen LogP contribution in [0.3, 0.4) is 0 Å². The van der Waals surface area contributed by atoms with Gasteiger partial charge in [-0.15, -0.1) is 0 Å². The standard InChI is InChI=1S/C16H12O6/c17-5-9-10(6-18)16(22)12-11(15(9)21)13(19)7-3-1-2-4-8(7)14(12)20/h1-4,17-18,21-22H,5-6H2. The maximum Gasteiger partial charge on any atom is 0.198 e. The molecule has 6 nitrogen and oxygen atoms in total. The number of phenols is 2. The van der Waals surface area contributed by atoms with Gasteiger partial charge in [-0.2, -0.15) is 0 Å². The zero-order chi connectivity index (χ0) is 16.0. The van der Waals surface area contributed by atoms with Crippen molar-refractivity contribution in [1.29, 1.82) is 0 Å². The van der Waals surface area contributed by atoms with E-state index in [0.29, 0.717) is 0 Å². The van der Waals surface area contributed by atoms with Crippen LogP contribution in [-0.4, -0.2) is 32.0 Å². The van der Waals surface area contributed by atoms with Crippen molar-refractivity contribution in [3.8, 4) is 11.5 Å². The Balaban J connectivity index is 2.43. The van der Waals surface area contributed by atoms with Crippen LogP contribution in [0.2, 0.25) is 0 Å². The molecule has 0 heterocycles. The van der Waals surface area contributed by atoms with Crippen molar-refractivity contribution in [2.45, 2.75) is 13.2 Å². The monoisotopic (exact) mass is 300 g/mol. The zero-order valence-electron chi connectivity index (χ0n) is 11.3. The van der Waals surface area contributed by atoms with Gasteiger partial charge in [0.05, 0.1) is 24.3 Å². The summed E-state index contributed by atoms with van der Waals surface area (Å²) >= 11 is 0. The Morgan fingerprint density at radius 3 is 1.41 bits per heavy atom. The minimum Gasteiger partial charge on any atom is -0.507 e. The predicted molar refractivity (Wildman–Crippen MR) is 74.9 cm³/mol. The van der Waals surface area contributed by atoms with Gasteiger partial charge >= 0.3 is 0 Å². The smallest absolute Gasteiger partial charge is 0.198 e. The molecule has 0 aromatic heterocycles. The first-order chi connectivity index (χ1) is 10.5. The van der Waals surface area contributed by atoms with Crippen molar-refractivity contribution in [2.24, 2.45) is 0 Å². The van der Waals surface area contributed by atoms with Crippen LogP contribution in [0.4, 0.5) is 0 Å². The highest BCUT2D eigenvalue weighted by molar-refractivity contribution is 6.30. The summed E-state index contributed by atoms with van der Waals surface area (Å²) < 4.78 is 0. The summed E-state index contributed by atoms with van der Waals surface area (Å²) in [7, 11) is 0. The van der Waals surface area contributed by atoms with Gasteiger partial charge in [0.1, 0.15) is 11.5 Å². The minimum atomic E-state index is -0.689. The molecule has 0 saturated heterocycles. The van der Waals surface area contributed by atoms with Crippen LogP contribution in [0, 0.1) is 0 Å². The molecule has 0 fully saturated rings. The van der Waals surface area contributed by atoms with E-state index in [1.54, 1.807) is 12.1 Å². The second kappa shape index (κ2) is 4.94. The Labute approximate surface area is 124 Å². The Morgan fingerprint density at radius 1 is 0.727 bits per heavy atom. The Kier molecular flexibility index (Phi) is 3.20. The summed E-state index contributed by atoms with van der Waals surface area (Å²) in [6, 6.07) is 6.07. The number of ketones is 2. The molecule has 0 unspecified atom stereocenters. The lowest BCUT2D eigenvalue weighted by molar-refractivity contribution is 0.0973. The van der Waals surface area contributed by atoms with Crippen LogP contribution < -0.4 is 0 Å². The Morgan fingerprint density at radius 2 is 1.09 bits per heavy atom. The van der Waals surface area contributed by atoms with Gasteiger partial charge in [0.2, 0.25) is 0 Å². The third-order valence-corrected chi connectivity index (χ3v) is 3.85. The summed E-state index contributed by atoms with van der Waals surface area (Å²) in [4.78, 5) is 25.1. The van der Waals surface area contributed by atoms with Gasteiger partial charge in [-0.25, -0.2) is 0 Å². The highest BCUT2D eigenvalue weighted by Crippen LogP contribution is 2.42. The number of aliphatic hydroxyl groups is 2. The van der Waals surface area contributed by atoms with Crippen LogP contribution in [0.25, 0.3) is 0 Å². The molecule has 0 bridgehead atoms. The van der Waals surface area contributed by atoms with Gasteiger partial charge in [0.15, 0.2) is 11.6 Å². The van der Waals surface area contributed by atoms with Gasteiger partial charge in [-0.3, -0.25) is 9.59 Å². The molecule has 0 radical (unpaired) electrons. The fourth-order valence-corrected chi connectivity index (χ4v) is 2.76. The summed E-state index contributed by atoms with van der Waals surface area (Å²) in [5.74, 6) is -2.41. The molecule has 4 N–H and O–H groups in total. The summed E-state index contributed by atoms with van der Waals surface area (Å²) in [6.07, 6.45) is 0. The topological polar surface area (TPSA) is 115 Å². The summed E-state index contributed by atoms with van der Waals surface area (Å²) in [6.45, 7) is -1.38. The molecule has 112 valence electrons. The quantitative estimate of drug-likeness (QED) is 0.522. The number of hydrogen-bond acceptors (Lipinski definition) is 6. The molecule has 2 aromatic rings. The van der Waals surface area contributed by atoms with Crippen molar-refractivity contribution in [3.05, 3.63) is 57.6 Å². The largest absolute Gasteiger partial charge is 0.507 e. The maximum atomic E-state index is 12.5. The molecular weight excluding hydrogens is 288 g/mol. The first-order valence-electron chi connectivity index (χ1n) is 6.52. The molecule has 3 rings (SSSR count). The number of rotatable bonds is 2. The van der Waals surface area contributed by atoms with E-state index >= 15 is 0 Å². The third kappa shape index (κ3) is 1.68. The average molecular weight is 300 g/mol. The normalized spacial score (nSPS) is 13.0. The first-order valence-corrected chi connectivity index (χ1v) is 6.52. The van der Waals surface area contributed by atoms with Crippen LogP contribution in [0.1, 0.15) is 43.0 Å². The zero-order valence-corrected chi connectivity index (χ0v) is 11.3. The molecule has 1 aliphatic rings. The number of carbonyl (C=O) groups excluding carboxylic acids is 2. The average Bonchev–Trinajstić information content (AvgIpc) is 2.53. The van der Waals surface area contributed by atoms with E-state index in [4.69, 9.17) is 0 Å². The Bertz CT molecular complexity index is 754. The van der Waals surface area contributed by atoms with E-state index in [1.807, 2.05) is 0 Å². The lowest BCUT2D eigenvalue weighted by Crippen LogP contribution is -2.22. The second-order valence-electron chi connectivity index (χ2n) is 4.92. The molecule has 0 saturated carbocycles. The van der Waals surface area contributed by atoms with Crippen molar-refractivity contribution < 1.29 is 30.0 Å². The van der Waals surface area contributed by atoms with E-state index in [9.17, 15) is 30.0 Å². The van der Waals surface area contributed by atoms with Crippen LogP contribution in [0.15, 0.2) is 24.3 Å². The molecule has 1 aliphatic carbocycles. The number of hydrogen-bond donors (Lipinski definition) is 4. The highest BCUT2D eigenvalue weighted by atomic mass is 16.3. The molecule has 22 heavy (non-hydrogen) atoms. The maximum absolute atomic E-state index is 12.5. The molecule has 0 atom stereocenters. The van der Waals surface area contributed by atoms with E-state index in [0.717, 1.165) is 0 Å². The minimum absolute atomic E-state index is 0.121. The lowest BCUT2D eigenvalue weighted by atomic mass is 9.80. The molecule has 0 amide bonds. The molecule has 0 aliphatic heterocycles. The predicted octanol–water partition coefficient (Wildman–Crippen LogP) is 0.858. The highest BCUT2D eigenvalue weighted by Gasteiger charge is 2.37. The van der Waals surface area contributed by atoms with Crippen molar-refractivity contribution in [3.63, 3.8) is 0 Å². The first kappa shape index (κ1) is 14.2. The molecule has 2 aromatic carbocycles. The second-order valence-corrected chi connectivity index (χ2v) is 4.92. The van der Waals surface area contributed by atoms with Crippen molar-refractivity contribution in [1.82, 2.24) is 0 Å². The van der Waals surface area contributed by atoms with Crippen LogP contribution in [0.5, 0.6) is 11.5 Å². The lowest BCUT2D eigenvalue weighted by Gasteiger charge is -2.22. The fraction of sp³-hybridized carbons (Fsp3) is 0.125. The SMILES string of the molecule is O=C1c2ccccc2C(=O)c2c(O)c(CO)c(CO)c(O)c21.